The summed E-state index contributed by atoms with van der Waals surface area (Å²) in [4.78, 5) is 10.7. The maximum Gasteiger partial charge on any atom is 0.330 e. The Hall–Kier alpha value is -0.613. The molecule has 0 saturated carbocycles. The van der Waals surface area contributed by atoms with Crippen LogP contribution < -0.4 is 0 Å². The molecule has 82 valence electrons. The molecular formula is C10H20O3Si. The largest absolute Gasteiger partial charge is 0.463 e. The Morgan fingerprint density at radius 3 is 2.79 bits per heavy atom. The first-order chi connectivity index (χ1) is 6.74. The van der Waals surface area contributed by atoms with Crippen molar-refractivity contribution in [2.75, 3.05) is 13.7 Å². The summed E-state index contributed by atoms with van der Waals surface area (Å²) < 4.78 is 10.1. The lowest BCUT2D eigenvalue weighted by atomic mass is 10.2. The molecule has 0 rings (SSSR count). The maximum atomic E-state index is 10.7. The average molecular weight is 216 g/mol. The molecule has 0 radical (unpaired) electrons. The van der Waals surface area contributed by atoms with E-state index in [0.29, 0.717) is 12.1 Å². The van der Waals surface area contributed by atoms with Gasteiger partial charge in [0.05, 0.1) is 6.61 Å². The van der Waals surface area contributed by atoms with E-state index in [1.54, 1.807) is 7.11 Å². The zero-order chi connectivity index (χ0) is 10.8. The van der Waals surface area contributed by atoms with Crippen molar-refractivity contribution in [3.8, 4) is 0 Å². The van der Waals surface area contributed by atoms with Crippen LogP contribution in [0.5, 0.6) is 0 Å². The minimum Gasteiger partial charge on any atom is -0.463 e. The lowest BCUT2D eigenvalue weighted by Gasteiger charge is -2.13. The second-order valence-corrected chi connectivity index (χ2v) is 5.34. The summed E-state index contributed by atoms with van der Waals surface area (Å²) in [5.41, 5.74) is 0.627. The van der Waals surface area contributed by atoms with Crippen molar-refractivity contribution < 1.29 is 14.0 Å². The van der Waals surface area contributed by atoms with Crippen molar-refractivity contribution in [1.82, 2.24) is 0 Å². The summed E-state index contributed by atoms with van der Waals surface area (Å²) in [7, 11) is 1.31. The zero-order valence-corrected chi connectivity index (χ0v) is 10.5. The van der Waals surface area contributed by atoms with Crippen molar-refractivity contribution >= 4 is 15.7 Å². The van der Waals surface area contributed by atoms with Crippen molar-refractivity contribution in [3.63, 3.8) is 0 Å². The van der Waals surface area contributed by atoms with Crippen LogP contribution in [0.3, 0.4) is 0 Å². The molecule has 0 aliphatic carbocycles. The SMILES string of the molecule is C=CC(=O)OCCC(CCC)[SiH2]OC. The molecule has 0 fully saturated rings. The van der Waals surface area contributed by atoms with Gasteiger partial charge in [0, 0.05) is 13.2 Å². The van der Waals surface area contributed by atoms with Crippen molar-refractivity contribution in [2.24, 2.45) is 0 Å². The summed E-state index contributed by atoms with van der Waals surface area (Å²) in [6.45, 7) is 5.99. The molecule has 0 aromatic heterocycles. The number of carbonyl (C=O) groups excluding carboxylic acids is 1. The molecule has 0 saturated heterocycles. The van der Waals surface area contributed by atoms with Gasteiger partial charge < -0.3 is 9.16 Å². The normalized spacial score (nSPS) is 13.0. The first kappa shape index (κ1) is 13.4. The van der Waals surface area contributed by atoms with Gasteiger partial charge in [0.15, 0.2) is 9.76 Å². The monoisotopic (exact) mass is 216 g/mol. The predicted molar refractivity (Wildman–Crippen MR) is 60.0 cm³/mol. The number of rotatable bonds is 8. The summed E-state index contributed by atoms with van der Waals surface area (Å²) in [5, 5.41) is 0. The topological polar surface area (TPSA) is 35.5 Å². The van der Waals surface area contributed by atoms with E-state index in [2.05, 4.69) is 13.5 Å². The third-order valence-corrected chi connectivity index (χ3v) is 3.66. The molecule has 1 unspecified atom stereocenters. The number of hydrogen-bond donors (Lipinski definition) is 0. The molecule has 3 nitrogen and oxygen atoms in total. The maximum absolute atomic E-state index is 10.7. The molecule has 0 aliphatic heterocycles. The van der Waals surface area contributed by atoms with Crippen LogP contribution >= 0.6 is 0 Å². The zero-order valence-electron chi connectivity index (χ0n) is 9.12. The van der Waals surface area contributed by atoms with Crippen LogP contribution in [-0.2, 0) is 14.0 Å². The Bertz CT molecular complexity index is 165. The van der Waals surface area contributed by atoms with Crippen LogP contribution in [0, 0.1) is 0 Å². The Balaban J connectivity index is 3.58. The van der Waals surface area contributed by atoms with E-state index in [-0.39, 0.29) is 5.97 Å². The highest BCUT2D eigenvalue weighted by Crippen LogP contribution is 2.16. The van der Waals surface area contributed by atoms with Gasteiger partial charge in [-0.2, -0.15) is 0 Å². The highest BCUT2D eigenvalue weighted by atomic mass is 28.2. The highest BCUT2D eigenvalue weighted by molar-refractivity contribution is 6.29. The van der Waals surface area contributed by atoms with Gasteiger partial charge in [-0.05, 0) is 12.0 Å². The molecule has 0 amide bonds. The van der Waals surface area contributed by atoms with Gasteiger partial charge in [-0.15, -0.1) is 0 Å². The minimum absolute atomic E-state index is 0.334. The molecule has 4 heteroatoms. The molecule has 0 heterocycles. The third-order valence-electron chi connectivity index (χ3n) is 2.04. The summed E-state index contributed by atoms with van der Waals surface area (Å²) in [5.74, 6) is -0.334. The molecular weight excluding hydrogens is 196 g/mol. The lowest BCUT2D eigenvalue weighted by molar-refractivity contribution is -0.137. The van der Waals surface area contributed by atoms with Crippen LogP contribution in [0.15, 0.2) is 12.7 Å². The third kappa shape index (κ3) is 6.86. The number of ether oxygens (including phenoxy) is 1. The van der Waals surface area contributed by atoms with Crippen LogP contribution in [0.25, 0.3) is 0 Å². The van der Waals surface area contributed by atoms with Crippen LogP contribution in [0.1, 0.15) is 26.2 Å². The quantitative estimate of drug-likeness (QED) is 0.350. The fourth-order valence-electron chi connectivity index (χ4n) is 1.34. The smallest absolute Gasteiger partial charge is 0.330 e. The number of esters is 1. The first-order valence-electron chi connectivity index (χ1n) is 5.02. The van der Waals surface area contributed by atoms with E-state index in [1.807, 2.05) is 0 Å². The van der Waals surface area contributed by atoms with E-state index < -0.39 is 9.76 Å². The Labute approximate surface area is 88.4 Å². The summed E-state index contributed by atoms with van der Waals surface area (Å²) >= 11 is 0. The van der Waals surface area contributed by atoms with Gasteiger partial charge in [-0.25, -0.2) is 4.79 Å². The highest BCUT2D eigenvalue weighted by Gasteiger charge is 2.09. The predicted octanol–water partition coefficient (Wildman–Crippen LogP) is 1.42. The van der Waals surface area contributed by atoms with Gasteiger partial charge >= 0.3 is 5.97 Å². The molecule has 0 N–H and O–H groups in total. The van der Waals surface area contributed by atoms with E-state index in [9.17, 15) is 4.79 Å². The molecule has 1 atom stereocenters. The molecule has 0 spiro atoms. The van der Waals surface area contributed by atoms with Gasteiger partial charge in [0.2, 0.25) is 0 Å². The lowest BCUT2D eigenvalue weighted by Crippen LogP contribution is -2.11. The number of hydrogen-bond acceptors (Lipinski definition) is 3. The van der Waals surface area contributed by atoms with E-state index in [0.717, 1.165) is 12.8 Å². The van der Waals surface area contributed by atoms with Crippen molar-refractivity contribution in [3.05, 3.63) is 12.7 Å². The first-order valence-corrected chi connectivity index (χ1v) is 6.42. The van der Waals surface area contributed by atoms with Gasteiger partial charge in [0.25, 0.3) is 0 Å². The molecule has 14 heavy (non-hydrogen) atoms. The fourth-order valence-corrected chi connectivity index (χ4v) is 2.72. The number of carbonyl (C=O) groups is 1. The van der Waals surface area contributed by atoms with E-state index >= 15 is 0 Å². The van der Waals surface area contributed by atoms with Crippen LogP contribution in [0.2, 0.25) is 5.54 Å². The van der Waals surface area contributed by atoms with E-state index in [4.69, 9.17) is 9.16 Å². The fraction of sp³-hybridized carbons (Fsp3) is 0.700. The molecule has 0 aromatic carbocycles. The Kier molecular flexibility index (Phi) is 8.57. The minimum atomic E-state index is -0.444. The van der Waals surface area contributed by atoms with Gasteiger partial charge in [-0.3, -0.25) is 0 Å². The summed E-state index contributed by atoms with van der Waals surface area (Å²) in [6.07, 6.45) is 4.46. The molecule has 0 bridgehead atoms. The Morgan fingerprint density at radius 2 is 2.29 bits per heavy atom. The Morgan fingerprint density at radius 1 is 1.57 bits per heavy atom. The summed E-state index contributed by atoms with van der Waals surface area (Å²) in [6, 6.07) is 0. The second-order valence-electron chi connectivity index (χ2n) is 3.27. The van der Waals surface area contributed by atoms with Gasteiger partial charge in [0.1, 0.15) is 0 Å². The molecule has 0 aliphatic rings. The van der Waals surface area contributed by atoms with Crippen molar-refractivity contribution in [2.45, 2.75) is 31.7 Å². The van der Waals surface area contributed by atoms with Crippen LogP contribution in [-0.4, -0.2) is 29.4 Å². The molecule has 0 aromatic rings. The van der Waals surface area contributed by atoms with Crippen LogP contribution in [0.4, 0.5) is 0 Å². The van der Waals surface area contributed by atoms with Gasteiger partial charge in [-0.1, -0.05) is 26.3 Å². The average Bonchev–Trinajstić information content (AvgIpc) is 2.18. The second kappa shape index (κ2) is 8.96. The van der Waals surface area contributed by atoms with Crippen molar-refractivity contribution in [1.29, 1.82) is 0 Å². The standard InChI is InChI=1S/C10H20O3Si/c1-4-6-9(14-12-3)7-8-13-10(11)5-2/h5,9H,2,4,6-8,14H2,1,3H3. The van der Waals surface area contributed by atoms with E-state index in [1.165, 1.54) is 12.5 Å².